The molecule has 0 spiro atoms. The Hall–Kier alpha value is -1.09. The smallest absolute Gasteiger partial charge is 0.128 e. The van der Waals surface area contributed by atoms with E-state index in [0.29, 0.717) is 6.04 Å². The molecule has 3 rings (SSSR count). The highest BCUT2D eigenvalue weighted by Gasteiger charge is 2.41. The second-order valence-electron chi connectivity index (χ2n) is 4.32. The van der Waals surface area contributed by atoms with Crippen LogP contribution in [0.4, 0.5) is 5.82 Å². The summed E-state index contributed by atoms with van der Waals surface area (Å²) in [6.45, 7) is 2.35. The number of likely N-dealkylation sites (tertiary alicyclic amines) is 1. The van der Waals surface area contributed by atoms with Gasteiger partial charge >= 0.3 is 0 Å². The third-order valence-corrected chi connectivity index (χ3v) is 3.46. The van der Waals surface area contributed by atoms with Crippen molar-refractivity contribution in [2.75, 3.05) is 25.0 Å². The van der Waals surface area contributed by atoms with Crippen LogP contribution in [-0.2, 0) is 0 Å². The first kappa shape index (κ1) is 8.24. The van der Waals surface area contributed by atoms with Gasteiger partial charge in [0.15, 0.2) is 0 Å². The van der Waals surface area contributed by atoms with Crippen LogP contribution in [0.5, 0.6) is 0 Å². The van der Waals surface area contributed by atoms with Crippen molar-refractivity contribution >= 4 is 5.82 Å². The minimum atomic E-state index is 0.694. The van der Waals surface area contributed by atoms with Crippen molar-refractivity contribution in [2.45, 2.75) is 18.5 Å². The maximum atomic E-state index is 4.41. The molecule has 2 saturated heterocycles. The second-order valence-corrected chi connectivity index (χ2v) is 4.32. The highest BCUT2D eigenvalue weighted by Crippen LogP contribution is 2.32. The summed E-state index contributed by atoms with van der Waals surface area (Å²) in [5.41, 5.74) is 0. The zero-order chi connectivity index (χ0) is 9.54. The fourth-order valence-corrected chi connectivity index (χ4v) is 2.67. The number of pyridine rings is 1. The normalized spacial score (nSPS) is 31.4. The molecule has 0 unspecified atom stereocenters. The van der Waals surface area contributed by atoms with Gasteiger partial charge in [0.2, 0.25) is 0 Å². The zero-order valence-corrected chi connectivity index (χ0v) is 8.43. The lowest BCUT2D eigenvalue weighted by atomic mass is 10.2. The maximum absolute atomic E-state index is 4.41. The van der Waals surface area contributed by atoms with Crippen LogP contribution >= 0.6 is 0 Å². The Bertz CT molecular complexity index is 323. The quantitative estimate of drug-likeness (QED) is 0.656. The molecule has 74 valence electrons. The van der Waals surface area contributed by atoms with E-state index >= 15 is 0 Å². The van der Waals surface area contributed by atoms with E-state index in [4.69, 9.17) is 0 Å². The summed E-state index contributed by atoms with van der Waals surface area (Å²) in [5, 5.41) is 0. The van der Waals surface area contributed by atoms with Gasteiger partial charge in [-0.05, 0) is 25.6 Å². The number of hydrogen-bond acceptors (Lipinski definition) is 3. The van der Waals surface area contributed by atoms with Crippen LogP contribution in [0.1, 0.15) is 6.42 Å². The lowest BCUT2D eigenvalue weighted by molar-refractivity contribution is 0.292. The molecule has 1 aromatic rings. The summed E-state index contributed by atoms with van der Waals surface area (Å²) in [7, 11) is 2.22. The van der Waals surface area contributed by atoms with E-state index in [1.54, 1.807) is 0 Å². The second kappa shape index (κ2) is 2.95. The molecule has 1 aromatic heterocycles. The molecule has 2 aliphatic heterocycles. The van der Waals surface area contributed by atoms with E-state index < -0.39 is 0 Å². The van der Waals surface area contributed by atoms with E-state index in [1.807, 2.05) is 12.3 Å². The number of anilines is 1. The molecular weight excluding hydrogens is 174 g/mol. The van der Waals surface area contributed by atoms with Crippen molar-refractivity contribution in [3.8, 4) is 0 Å². The largest absolute Gasteiger partial charge is 0.351 e. The van der Waals surface area contributed by atoms with Crippen LogP contribution < -0.4 is 4.90 Å². The Morgan fingerprint density at radius 2 is 2.21 bits per heavy atom. The van der Waals surface area contributed by atoms with Gasteiger partial charge in [0, 0.05) is 31.4 Å². The highest BCUT2D eigenvalue weighted by atomic mass is 15.4. The molecule has 3 heterocycles. The van der Waals surface area contributed by atoms with E-state index in [2.05, 4.69) is 34.0 Å². The molecule has 3 heteroatoms. The van der Waals surface area contributed by atoms with Gasteiger partial charge in [-0.15, -0.1) is 0 Å². The van der Waals surface area contributed by atoms with Gasteiger partial charge in [0.05, 0.1) is 0 Å². The Balaban J connectivity index is 1.84. The molecular formula is C11H15N3. The third kappa shape index (κ3) is 1.12. The molecule has 0 N–H and O–H groups in total. The van der Waals surface area contributed by atoms with Gasteiger partial charge in [-0.1, -0.05) is 6.07 Å². The maximum Gasteiger partial charge on any atom is 0.128 e. The number of hydrogen-bond donors (Lipinski definition) is 0. The number of rotatable bonds is 1. The summed E-state index contributed by atoms with van der Waals surface area (Å²) in [4.78, 5) is 9.32. The Kier molecular flexibility index (Phi) is 1.74. The molecule has 0 aliphatic carbocycles. The van der Waals surface area contributed by atoms with Crippen molar-refractivity contribution in [1.82, 2.24) is 9.88 Å². The van der Waals surface area contributed by atoms with Crippen LogP contribution in [0, 0.1) is 0 Å². The Morgan fingerprint density at radius 3 is 2.79 bits per heavy atom. The van der Waals surface area contributed by atoms with Crippen LogP contribution in [0.2, 0.25) is 0 Å². The first-order valence-corrected chi connectivity index (χ1v) is 5.22. The molecule has 0 saturated carbocycles. The fourth-order valence-electron chi connectivity index (χ4n) is 2.67. The molecule has 0 radical (unpaired) electrons. The van der Waals surface area contributed by atoms with Crippen molar-refractivity contribution in [2.24, 2.45) is 0 Å². The first-order chi connectivity index (χ1) is 6.84. The predicted molar refractivity (Wildman–Crippen MR) is 56.4 cm³/mol. The molecule has 3 nitrogen and oxygen atoms in total. The topological polar surface area (TPSA) is 19.4 Å². The van der Waals surface area contributed by atoms with Gasteiger partial charge in [-0.25, -0.2) is 4.98 Å². The van der Waals surface area contributed by atoms with Crippen molar-refractivity contribution in [3.05, 3.63) is 24.4 Å². The van der Waals surface area contributed by atoms with Gasteiger partial charge in [-0.3, -0.25) is 4.90 Å². The summed E-state index contributed by atoms with van der Waals surface area (Å²) in [5.74, 6) is 1.15. The molecule has 2 fully saturated rings. The van der Waals surface area contributed by atoms with E-state index in [-0.39, 0.29) is 0 Å². The average molecular weight is 189 g/mol. The summed E-state index contributed by atoms with van der Waals surface area (Å²) in [6, 6.07) is 7.60. The molecule has 2 atom stereocenters. The van der Waals surface area contributed by atoms with E-state index in [1.165, 1.54) is 13.0 Å². The molecule has 0 amide bonds. The number of likely N-dealkylation sites (N-methyl/N-ethyl adjacent to an activating group) is 1. The number of nitrogens with zero attached hydrogens (tertiary/aromatic N) is 3. The molecule has 2 aliphatic rings. The van der Waals surface area contributed by atoms with Crippen LogP contribution in [-0.4, -0.2) is 42.1 Å². The van der Waals surface area contributed by atoms with Crippen molar-refractivity contribution < 1.29 is 0 Å². The molecule has 14 heavy (non-hydrogen) atoms. The summed E-state index contributed by atoms with van der Waals surface area (Å²) in [6.07, 6.45) is 3.19. The minimum absolute atomic E-state index is 0.694. The fraction of sp³-hybridized carbons (Fsp3) is 0.545. The molecule has 2 bridgehead atoms. The van der Waals surface area contributed by atoms with Gasteiger partial charge < -0.3 is 4.90 Å². The van der Waals surface area contributed by atoms with Gasteiger partial charge in [0.25, 0.3) is 0 Å². The van der Waals surface area contributed by atoms with Crippen LogP contribution in [0.15, 0.2) is 24.4 Å². The number of fused-ring (bicyclic) bond motifs is 2. The van der Waals surface area contributed by atoms with Gasteiger partial charge in [-0.2, -0.15) is 0 Å². The summed E-state index contributed by atoms with van der Waals surface area (Å²) >= 11 is 0. The minimum Gasteiger partial charge on any atom is -0.351 e. The van der Waals surface area contributed by atoms with Gasteiger partial charge in [0.1, 0.15) is 5.82 Å². The van der Waals surface area contributed by atoms with Crippen LogP contribution in [0.25, 0.3) is 0 Å². The standard InChI is InChI=1S/C11H15N3/c1-13-7-10-6-9(13)8-14(10)11-4-2-3-5-12-11/h2-5,9-10H,6-8H2,1H3/t9-,10-/m0/s1. The van der Waals surface area contributed by atoms with E-state index in [9.17, 15) is 0 Å². The lowest BCUT2D eigenvalue weighted by Crippen LogP contribution is -2.44. The number of aromatic nitrogens is 1. The SMILES string of the molecule is CN1C[C@@H]2C[C@H]1CN2c1ccccn1. The van der Waals surface area contributed by atoms with E-state index in [0.717, 1.165) is 18.4 Å². The number of piperazine rings is 1. The Morgan fingerprint density at radius 1 is 1.29 bits per heavy atom. The zero-order valence-electron chi connectivity index (χ0n) is 8.43. The third-order valence-electron chi connectivity index (χ3n) is 3.46. The van der Waals surface area contributed by atoms with Crippen molar-refractivity contribution in [3.63, 3.8) is 0 Å². The summed E-state index contributed by atoms with van der Waals surface area (Å²) < 4.78 is 0. The predicted octanol–water partition coefficient (Wildman–Crippen LogP) is 0.974. The average Bonchev–Trinajstić information content (AvgIpc) is 2.77. The Labute approximate surface area is 84.3 Å². The lowest BCUT2D eigenvalue weighted by Gasteiger charge is -2.32. The first-order valence-electron chi connectivity index (χ1n) is 5.22. The van der Waals surface area contributed by atoms with Crippen LogP contribution in [0.3, 0.4) is 0 Å². The molecule has 0 aromatic carbocycles. The monoisotopic (exact) mass is 189 g/mol. The highest BCUT2D eigenvalue weighted by molar-refractivity contribution is 5.42. The van der Waals surface area contributed by atoms with Crippen molar-refractivity contribution in [1.29, 1.82) is 0 Å².